The summed E-state index contributed by atoms with van der Waals surface area (Å²) in [5.74, 6) is -1.19. The zero-order valence-electron chi connectivity index (χ0n) is 23.6. The van der Waals surface area contributed by atoms with Crippen molar-refractivity contribution in [2.75, 3.05) is 17.3 Å². The molecule has 0 saturated heterocycles. The zero-order chi connectivity index (χ0) is 31.0. The van der Waals surface area contributed by atoms with Crippen LogP contribution in [0.25, 0.3) is 56.0 Å². The minimum atomic E-state index is -3.24. The van der Waals surface area contributed by atoms with E-state index in [0.717, 1.165) is 6.26 Å². The smallest absolute Gasteiger partial charge is 0.224 e. The number of sulfone groups is 1. The molecule has 3 N–H and O–H groups in total. The maximum atomic E-state index is 16.1. The third kappa shape index (κ3) is 5.88. The Balaban J connectivity index is 1.40. The van der Waals surface area contributed by atoms with E-state index in [-0.39, 0.29) is 46.2 Å². The molecule has 0 aliphatic heterocycles. The number of hydrogen-bond donors (Lipinski definition) is 3. The van der Waals surface area contributed by atoms with Gasteiger partial charge in [-0.2, -0.15) is 5.10 Å². The van der Waals surface area contributed by atoms with E-state index < -0.39 is 21.5 Å². The van der Waals surface area contributed by atoms with Crippen molar-refractivity contribution in [3.05, 3.63) is 72.3 Å². The number of aromatic nitrogens is 7. The number of benzene rings is 1. The molecule has 0 atom stereocenters. The number of imidazole rings is 1. The van der Waals surface area contributed by atoms with Gasteiger partial charge in [0.25, 0.3) is 0 Å². The van der Waals surface area contributed by atoms with E-state index in [1.165, 1.54) is 36.9 Å². The van der Waals surface area contributed by atoms with Gasteiger partial charge >= 0.3 is 0 Å². The number of carbonyl (C=O) groups excluding carboxylic acids is 1. The number of carbonyl (C=O) groups is 1. The van der Waals surface area contributed by atoms with Gasteiger partial charge in [0.1, 0.15) is 32.7 Å². The van der Waals surface area contributed by atoms with E-state index in [1.807, 2.05) is 6.92 Å². The predicted octanol–water partition coefficient (Wildman–Crippen LogP) is 5.23. The Bertz CT molecular complexity index is 2160. The Hall–Kier alpha value is -5.11. The summed E-state index contributed by atoms with van der Waals surface area (Å²) in [7, 11) is -3.24. The van der Waals surface area contributed by atoms with Gasteiger partial charge in [-0.25, -0.2) is 27.2 Å². The van der Waals surface area contributed by atoms with E-state index in [0.29, 0.717) is 51.9 Å². The molecule has 0 aliphatic rings. The number of H-pyrrole nitrogens is 2. The molecule has 11 nitrogen and oxygen atoms in total. The Morgan fingerprint density at radius 3 is 2.68 bits per heavy atom. The first-order valence-electron chi connectivity index (χ1n) is 13.7. The van der Waals surface area contributed by atoms with Crippen molar-refractivity contribution in [2.45, 2.75) is 26.2 Å². The van der Waals surface area contributed by atoms with E-state index >= 15 is 4.39 Å². The van der Waals surface area contributed by atoms with Gasteiger partial charge < -0.3 is 10.3 Å². The van der Waals surface area contributed by atoms with Gasteiger partial charge in [0, 0.05) is 48.0 Å². The Morgan fingerprint density at radius 2 is 1.89 bits per heavy atom. The largest absolute Gasteiger partial charge is 0.337 e. The monoisotopic (exact) mass is 616 g/mol. The van der Waals surface area contributed by atoms with Crippen LogP contribution in [-0.2, 0) is 21.1 Å². The second-order valence-electron chi connectivity index (χ2n) is 10.4. The molecule has 224 valence electrons. The number of aryl methyl sites for hydroxylation is 1. The molecule has 0 unspecified atom stereocenters. The molecule has 0 spiro atoms. The van der Waals surface area contributed by atoms with E-state index in [4.69, 9.17) is 0 Å². The van der Waals surface area contributed by atoms with Crippen molar-refractivity contribution in [1.82, 2.24) is 35.1 Å². The summed E-state index contributed by atoms with van der Waals surface area (Å²) in [6.07, 6.45) is 8.15. The molecule has 0 fully saturated rings. The molecule has 5 heterocycles. The maximum absolute atomic E-state index is 16.1. The normalized spacial score (nSPS) is 11.8. The predicted molar refractivity (Wildman–Crippen MR) is 162 cm³/mol. The number of anilines is 1. The number of halogens is 2. The molecule has 1 amide bonds. The molecule has 0 saturated carbocycles. The lowest BCUT2D eigenvalue weighted by Crippen LogP contribution is -2.10. The third-order valence-corrected chi connectivity index (χ3v) is 7.91. The summed E-state index contributed by atoms with van der Waals surface area (Å²) in [6, 6.07) is 7.57. The number of amides is 1. The quantitative estimate of drug-likeness (QED) is 0.199. The first-order valence-corrected chi connectivity index (χ1v) is 15.8. The van der Waals surface area contributed by atoms with Crippen LogP contribution in [0.5, 0.6) is 0 Å². The second kappa shape index (κ2) is 11.5. The minimum Gasteiger partial charge on any atom is -0.337 e. The topological polar surface area (TPSA) is 159 Å². The number of nitrogens with one attached hydrogen (secondary N) is 3. The highest BCUT2D eigenvalue weighted by Crippen LogP contribution is 2.34. The number of aromatic amines is 2. The Kier molecular flexibility index (Phi) is 7.59. The Morgan fingerprint density at radius 1 is 1.05 bits per heavy atom. The lowest BCUT2D eigenvalue weighted by Gasteiger charge is -2.08. The molecular formula is C30H26F2N8O3S. The first-order chi connectivity index (χ1) is 21.1. The molecule has 5 aromatic heterocycles. The maximum Gasteiger partial charge on any atom is 0.224 e. The van der Waals surface area contributed by atoms with Gasteiger partial charge in [0.2, 0.25) is 5.91 Å². The highest BCUT2D eigenvalue weighted by Gasteiger charge is 2.22. The average molecular weight is 617 g/mol. The second-order valence-corrected chi connectivity index (χ2v) is 12.7. The van der Waals surface area contributed by atoms with Crippen molar-refractivity contribution >= 4 is 43.5 Å². The highest BCUT2D eigenvalue weighted by atomic mass is 32.2. The lowest BCUT2D eigenvalue weighted by atomic mass is 10.0. The van der Waals surface area contributed by atoms with Crippen molar-refractivity contribution in [1.29, 1.82) is 0 Å². The molecule has 0 bridgehead atoms. The Labute approximate surface area is 250 Å². The molecule has 0 aliphatic carbocycles. The van der Waals surface area contributed by atoms with Gasteiger partial charge in [-0.1, -0.05) is 6.92 Å². The number of pyridine rings is 3. The average Bonchev–Trinajstić information content (AvgIpc) is 3.61. The number of rotatable bonds is 9. The van der Waals surface area contributed by atoms with Crippen molar-refractivity contribution in [3.63, 3.8) is 0 Å². The summed E-state index contributed by atoms with van der Waals surface area (Å²) in [6.45, 7) is 1.90. The number of hydrogen-bond acceptors (Lipinski definition) is 8. The molecule has 14 heteroatoms. The fourth-order valence-corrected chi connectivity index (χ4v) is 5.54. The van der Waals surface area contributed by atoms with E-state index in [9.17, 15) is 17.6 Å². The van der Waals surface area contributed by atoms with Crippen LogP contribution in [0.2, 0.25) is 0 Å². The van der Waals surface area contributed by atoms with Crippen LogP contribution in [-0.4, -0.2) is 61.5 Å². The molecule has 6 aromatic rings. The van der Waals surface area contributed by atoms with E-state index in [2.05, 4.69) is 40.4 Å². The van der Waals surface area contributed by atoms with Crippen LogP contribution in [0.15, 0.2) is 55.1 Å². The van der Waals surface area contributed by atoms with Crippen molar-refractivity contribution < 1.29 is 22.0 Å². The summed E-state index contributed by atoms with van der Waals surface area (Å²) < 4.78 is 54.0. The highest BCUT2D eigenvalue weighted by molar-refractivity contribution is 7.90. The summed E-state index contributed by atoms with van der Waals surface area (Å²) in [4.78, 5) is 32.8. The standard InChI is InChI=1S/C30H26F2N8O3S/c1-3-4-23(41)36-20-12-18(13-33-14-20)21-15-35-29-24(25(21)32)28(39-40-29)30-37-22-5-7-34-26(27(22)38-30)17-9-16(10-19(31)11-17)6-8-44(2,42)43/h5,7,9-15H,3-4,6,8H2,1-2H3,(H,36,41)(H,37,38)(H,35,39,40). The van der Waals surface area contributed by atoms with Crippen LogP contribution < -0.4 is 5.32 Å². The molecule has 1 aromatic carbocycles. The van der Waals surface area contributed by atoms with Gasteiger partial charge in [-0.15, -0.1) is 0 Å². The van der Waals surface area contributed by atoms with Crippen LogP contribution in [0.4, 0.5) is 14.5 Å². The van der Waals surface area contributed by atoms with Gasteiger partial charge in [-0.05, 0) is 48.7 Å². The van der Waals surface area contributed by atoms with Crippen LogP contribution >= 0.6 is 0 Å². The van der Waals surface area contributed by atoms with Gasteiger partial charge in [0.15, 0.2) is 11.5 Å². The number of nitrogens with zero attached hydrogens (tertiary/aromatic N) is 5. The van der Waals surface area contributed by atoms with Crippen molar-refractivity contribution in [3.8, 4) is 33.9 Å². The number of fused-ring (bicyclic) bond motifs is 2. The molecule has 6 rings (SSSR count). The summed E-state index contributed by atoms with van der Waals surface area (Å²) in [5.41, 5.74) is 3.59. The zero-order valence-corrected chi connectivity index (χ0v) is 24.5. The van der Waals surface area contributed by atoms with Gasteiger partial charge in [0.05, 0.1) is 34.2 Å². The third-order valence-electron chi connectivity index (χ3n) is 6.96. The summed E-state index contributed by atoms with van der Waals surface area (Å²) in [5, 5.41) is 9.82. The fourth-order valence-electron chi connectivity index (χ4n) is 4.93. The first kappa shape index (κ1) is 29.0. The fraction of sp³-hybridized carbons (Fsp3) is 0.200. The van der Waals surface area contributed by atoms with Crippen LogP contribution in [0, 0.1) is 11.6 Å². The molecule has 0 radical (unpaired) electrons. The SMILES string of the molecule is CCCC(=O)Nc1cncc(-c2cnc3n[nH]c(-c4nc5c(-c6cc(F)cc(CCS(C)(=O)=O)c6)nccc5[nH]4)c3c2F)c1. The van der Waals surface area contributed by atoms with Crippen LogP contribution in [0.1, 0.15) is 25.3 Å². The molecular weight excluding hydrogens is 590 g/mol. The lowest BCUT2D eigenvalue weighted by molar-refractivity contribution is -0.116. The summed E-state index contributed by atoms with van der Waals surface area (Å²) >= 11 is 0. The van der Waals surface area contributed by atoms with Crippen LogP contribution in [0.3, 0.4) is 0 Å². The molecule has 44 heavy (non-hydrogen) atoms. The van der Waals surface area contributed by atoms with E-state index in [1.54, 1.807) is 18.2 Å². The van der Waals surface area contributed by atoms with Crippen molar-refractivity contribution in [2.24, 2.45) is 0 Å². The van der Waals surface area contributed by atoms with Gasteiger partial charge in [-0.3, -0.25) is 19.9 Å². The minimum absolute atomic E-state index is 0.0882.